The number of benzene rings is 2. The van der Waals surface area contributed by atoms with Crippen LogP contribution in [-0.4, -0.2) is 33.2 Å². The molecule has 0 fully saturated rings. The predicted octanol–water partition coefficient (Wildman–Crippen LogP) is 4.12. The third-order valence-corrected chi connectivity index (χ3v) is 6.13. The zero-order chi connectivity index (χ0) is 19.9. The van der Waals surface area contributed by atoms with Gasteiger partial charge in [0.15, 0.2) is 6.10 Å². The lowest BCUT2D eigenvalue weighted by Gasteiger charge is -2.34. The van der Waals surface area contributed by atoms with Gasteiger partial charge in [0.05, 0.1) is 39.2 Å². The molecule has 0 aromatic heterocycles. The molecule has 0 radical (unpaired) electrons. The highest BCUT2D eigenvalue weighted by Crippen LogP contribution is 2.37. The Morgan fingerprint density at radius 3 is 2.48 bits per heavy atom. The summed E-state index contributed by atoms with van der Waals surface area (Å²) >= 11 is 17.9. The van der Waals surface area contributed by atoms with Crippen LogP contribution in [-0.2, 0) is 14.8 Å². The van der Waals surface area contributed by atoms with Crippen molar-refractivity contribution < 1.29 is 17.9 Å². The Bertz CT molecular complexity index is 1030. The Morgan fingerprint density at radius 2 is 1.81 bits per heavy atom. The second-order valence-corrected chi connectivity index (χ2v) is 9.24. The van der Waals surface area contributed by atoms with Crippen molar-refractivity contribution >= 4 is 62.1 Å². The van der Waals surface area contributed by atoms with E-state index in [0.717, 1.165) is 16.1 Å². The Balaban J connectivity index is 1.91. The molecule has 1 atom stereocenters. The number of nitrogens with zero attached hydrogens (tertiary/aromatic N) is 1. The first-order chi connectivity index (χ1) is 12.6. The zero-order valence-electron chi connectivity index (χ0n) is 14.3. The predicted molar refractivity (Wildman–Crippen MR) is 108 cm³/mol. The van der Waals surface area contributed by atoms with Gasteiger partial charge in [0.25, 0.3) is 5.91 Å². The molecule has 1 aliphatic rings. The van der Waals surface area contributed by atoms with Crippen LogP contribution in [0.2, 0.25) is 15.1 Å². The van der Waals surface area contributed by atoms with Crippen molar-refractivity contribution in [1.82, 2.24) is 0 Å². The molecular formula is C17H15Cl3N2O4S. The number of ether oxygens (including phenoxy) is 1. The van der Waals surface area contributed by atoms with Crippen LogP contribution in [0.4, 0.5) is 11.4 Å². The lowest BCUT2D eigenvalue weighted by Crippen LogP contribution is -2.48. The van der Waals surface area contributed by atoms with Crippen molar-refractivity contribution in [1.29, 1.82) is 0 Å². The number of carbonyl (C=O) groups is 1. The SMILES string of the molecule is Cc1ccc2c(c1)N(S(C)(=O)=O)CC(C(=O)Nc1cc(Cl)c(Cl)cc1Cl)O2. The molecule has 0 saturated carbocycles. The van der Waals surface area contributed by atoms with Crippen LogP contribution in [0.1, 0.15) is 5.56 Å². The molecule has 1 heterocycles. The molecule has 0 saturated heterocycles. The molecule has 6 nitrogen and oxygen atoms in total. The van der Waals surface area contributed by atoms with Crippen molar-refractivity contribution in [3.63, 3.8) is 0 Å². The van der Waals surface area contributed by atoms with Crippen LogP contribution < -0.4 is 14.4 Å². The molecule has 1 aliphatic heterocycles. The fourth-order valence-electron chi connectivity index (χ4n) is 2.64. The Morgan fingerprint density at radius 1 is 1.15 bits per heavy atom. The van der Waals surface area contributed by atoms with E-state index in [4.69, 9.17) is 39.5 Å². The van der Waals surface area contributed by atoms with Gasteiger partial charge >= 0.3 is 0 Å². The van der Waals surface area contributed by atoms with E-state index in [9.17, 15) is 13.2 Å². The second kappa shape index (κ2) is 7.39. The molecule has 1 unspecified atom stereocenters. The molecule has 2 aromatic rings. The minimum Gasteiger partial charge on any atom is -0.476 e. The summed E-state index contributed by atoms with van der Waals surface area (Å²) in [5, 5.41) is 3.27. The fourth-order valence-corrected chi connectivity index (χ4v) is 4.14. The summed E-state index contributed by atoms with van der Waals surface area (Å²) in [6, 6.07) is 7.92. The van der Waals surface area contributed by atoms with Gasteiger partial charge in [-0.1, -0.05) is 40.9 Å². The Labute approximate surface area is 172 Å². The number of hydrogen-bond acceptors (Lipinski definition) is 4. The molecule has 27 heavy (non-hydrogen) atoms. The van der Waals surface area contributed by atoms with Crippen molar-refractivity contribution in [2.24, 2.45) is 0 Å². The van der Waals surface area contributed by atoms with Crippen LogP contribution in [0.5, 0.6) is 5.75 Å². The smallest absolute Gasteiger partial charge is 0.267 e. The largest absolute Gasteiger partial charge is 0.476 e. The van der Waals surface area contributed by atoms with Gasteiger partial charge in [0.2, 0.25) is 10.0 Å². The van der Waals surface area contributed by atoms with E-state index in [0.29, 0.717) is 11.4 Å². The summed E-state index contributed by atoms with van der Waals surface area (Å²) < 4.78 is 31.3. The standard InChI is InChI=1S/C17H15Cl3N2O4S/c1-9-3-4-15-14(5-9)22(27(2,24)25)8-16(26-15)17(23)21-13-7-11(19)10(18)6-12(13)20/h3-7,16H,8H2,1-2H3,(H,21,23). The molecular weight excluding hydrogens is 435 g/mol. The van der Waals surface area contributed by atoms with Gasteiger partial charge < -0.3 is 10.1 Å². The van der Waals surface area contributed by atoms with Crippen molar-refractivity contribution in [3.8, 4) is 5.75 Å². The molecule has 2 aromatic carbocycles. The maximum Gasteiger partial charge on any atom is 0.267 e. The van der Waals surface area contributed by atoms with E-state index in [1.54, 1.807) is 18.2 Å². The number of hydrogen-bond donors (Lipinski definition) is 1. The molecule has 0 spiro atoms. The first-order valence-corrected chi connectivity index (χ1v) is 10.7. The van der Waals surface area contributed by atoms with E-state index < -0.39 is 22.0 Å². The molecule has 144 valence electrons. The number of carbonyl (C=O) groups excluding carboxylic acids is 1. The highest BCUT2D eigenvalue weighted by Gasteiger charge is 2.35. The maximum absolute atomic E-state index is 12.7. The average molecular weight is 450 g/mol. The summed E-state index contributed by atoms with van der Waals surface area (Å²) in [7, 11) is -3.61. The number of fused-ring (bicyclic) bond motifs is 1. The minimum absolute atomic E-state index is 0.167. The summed E-state index contributed by atoms with van der Waals surface area (Å²) in [5.74, 6) is -0.257. The van der Waals surface area contributed by atoms with Crippen molar-refractivity contribution in [2.75, 3.05) is 22.4 Å². The number of rotatable bonds is 3. The molecule has 1 amide bonds. The lowest BCUT2D eigenvalue weighted by molar-refractivity contribution is -0.122. The monoisotopic (exact) mass is 448 g/mol. The summed E-state index contributed by atoms with van der Waals surface area (Å²) in [6.45, 7) is 1.67. The van der Waals surface area contributed by atoms with E-state index in [2.05, 4.69) is 5.32 Å². The molecule has 0 bridgehead atoms. The van der Waals surface area contributed by atoms with Gasteiger partial charge in [-0.15, -0.1) is 0 Å². The second-order valence-electron chi connectivity index (χ2n) is 6.11. The van der Waals surface area contributed by atoms with Crippen LogP contribution in [0.3, 0.4) is 0 Å². The zero-order valence-corrected chi connectivity index (χ0v) is 17.4. The van der Waals surface area contributed by atoms with Crippen molar-refractivity contribution in [3.05, 3.63) is 51.0 Å². The molecule has 3 rings (SSSR count). The average Bonchev–Trinajstić information content (AvgIpc) is 2.57. The number of anilines is 2. The first kappa shape index (κ1) is 20.1. The van der Waals surface area contributed by atoms with Gasteiger partial charge in [-0.05, 0) is 36.8 Å². The van der Waals surface area contributed by atoms with Gasteiger partial charge in [-0.25, -0.2) is 8.42 Å². The van der Waals surface area contributed by atoms with Crippen LogP contribution in [0, 0.1) is 6.92 Å². The molecule has 0 aliphatic carbocycles. The van der Waals surface area contributed by atoms with E-state index >= 15 is 0 Å². The molecule has 1 N–H and O–H groups in total. The van der Waals surface area contributed by atoms with Crippen LogP contribution >= 0.6 is 34.8 Å². The van der Waals surface area contributed by atoms with E-state index in [1.807, 2.05) is 6.92 Å². The van der Waals surface area contributed by atoms with Gasteiger partial charge in [-0.3, -0.25) is 9.10 Å². The first-order valence-electron chi connectivity index (χ1n) is 7.76. The number of sulfonamides is 1. The van der Waals surface area contributed by atoms with Crippen LogP contribution in [0.25, 0.3) is 0 Å². The summed E-state index contributed by atoms with van der Waals surface area (Å²) in [4.78, 5) is 12.7. The third kappa shape index (κ3) is 4.27. The fraction of sp³-hybridized carbons (Fsp3) is 0.235. The van der Waals surface area contributed by atoms with Gasteiger partial charge in [0.1, 0.15) is 5.75 Å². The Kier molecular flexibility index (Phi) is 5.49. The normalized spacial score (nSPS) is 16.5. The number of nitrogens with one attached hydrogen (secondary N) is 1. The number of amides is 1. The third-order valence-electron chi connectivity index (χ3n) is 3.94. The molecule has 10 heteroatoms. The number of halogens is 3. The van der Waals surface area contributed by atoms with E-state index in [1.165, 1.54) is 12.1 Å². The topological polar surface area (TPSA) is 75.7 Å². The van der Waals surface area contributed by atoms with E-state index in [-0.39, 0.29) is 27.3 Å². The van der Waals surface area contributed by atoms with Crippen molar-refractivity contribution in [2.45, 2.75) is 13.0 Å². The summed E-state index contributed by atoms with van der Waals surface area (Å²) in [6.07, 6.45) is 0.00958. The highest BCUT2D eigenvalue weighted by molar-refractivity contribution is 7.92. The number of aryl methyl sites for hydroxylation is 1. The quantitative estimate of drug-likeness (QED) is 0.715. The van der Waals surface area contributed by atoms with Gasteiger partial charge in [-0.2, -0.15) is 0 Å². The lowest BCUT2D eigenvalue weighted by atomic mass is 10.1. The minimum atomic E-state index is -3.61. The van der Waals surface area contributed by atoms with Gasteiger partial charge in [0, 0.05) is 0 Å². The highest BCUT2D eigenvalue weighted by atomic mass is 35.5. The summed E-state index contributed by atoms with van der Waals surface area (Å²) in [5.41, 5.74) is 1.52. The van der Waals surface area contributed by atoms with Crippen LogP contribution in [0.15, 0.2) is 30.3 Å². The Hall–Kier alpha value is -1.67. The maximum atomic E-state index is 12.7.